The maximum absolute atomic E-state index is 12.7. The molecular formula is C10H7FN3NaO2. The molecule has 82 valence electrons. The molecule has 0 unspecified atom stereocenters. The van der Waals surface area contributed by atoms with Gasteiger partial charge in [-0.05, 0) is 12.1 Å². The molecule has 0 saturated carbocycles. The van der Waals surface area contributed by atoms with E-state index in [9.17, 15) is 14.3 Å². The second-order valence-electron chi connectivity index (χ2n) is 3.18. The van der Waals surface area contributed by atoms with Gasteiger partial charge in [-0.25, -0.2) is 4.39 Å². The quantitative estimate of drug-likeness (QED) is 0.527. The third-order valence-corrected chi connectivity index (χ3v) is 2.14. The number of carboxylic acid groups (broad SMARTS) is 1. The van der Waals surface area contributed by atoms with Gasteiger partial charge >= 0.3 is 29.6 Å². The normalized spacial score (nSPS) is 9.76. The largest absolute Gasteiger partial charge is 1.00 e. The van der Waals surface area contributed by atoms with Crippen LogP contribution in [0.1, 0.15) is 10.5 Å². The number of aromatic nitrogens is 3. The number of nitrogens with zero attached hydrogens (tertiary/aromatic N) is 3. The minimum Gasteiger partial charge on any atom is -0.543 e. The fraction of sp³-hybridized carbons (Fsp3) is 0.100. The number of carboxylic acids is 1. The molecule has 17 heavy (non-hydrogen) atoms. The first-order valence-corrected chi connectivity index (χ1v) is 4.45. The van der Waals surface area contributed by atoms with Crippen molar-refractivity contribution in [2.45, 2.75) is 0 Å². The van der Waals surface area contributed by atoms with Crippen LogP contribution in [0, 0.1) is 5.82 Å². The molecule has 7 heteroatoms. The summed E-state index contributed by atoms with van der Waals surface area (Å²) in [5.41, 5.74) is 0.565. The number of halogens is 1. The first kappa shape index (κ1) is 13.8. The molecule has 0 saturated heterocycles. The Bertz CT molecular complexity index is 539. The number of aromatic carboxylic acids is 1. The van der Waals surface area contributed by atoms with Gasteiger partial charge in [-0.3, -0.25) is 9.67 Å². The summed E-state index contributed by atoms with van der Waals surface area (Å²) in [6.45, 7) is 0. The van der Waals surface area contributed by atoms with E-state index in [1.54, 1.807) is 0 Å². The number of aryl methyl sites for hydroxylation is 1. The molecule has 0 aromatic carbocycles. The molecule has 0 amide bonds. The minimum atomic E-state index is -1.35. The van der Waals surface area contributed by atoms with Crippen LogP contribution in [0.5, 0.6) is 0 Å². The third-order valence-electron chi connectivity index (χ3n) is 2.14. The van der Waals surface area contributed by atoms with E-state index in [0.29, 0.717) is 11.3 Å². The van der Waals surface area contributed by atoms with Crippen molar-refractivity contribution in [1.29, 1.82) is 0 Å². The number of pyridine rings is 1. The van der Waals surface area contributed by atoms with E-state index in [2.05, 4.69) is 10.1 Å². The summed E-state index contributed by atoms with van der Waals surface area (Å²) in [6, 6.07) is 2.59. The van der Waals surface area contributed by atoms with Crippen LogP contribution in [-0.4, -0.2) is 20.7 Å². The molecule has 0 atom stereocenters. The van der Waals surface area contributed by atoms with Crippen molar-refractivity contribution in [3.8, 4) is 11.3 Å². The van der Waals surface area contributed by atoms with Crippen LogP contribution >= 0.6 is 0 Å². The Balaban J connectivity index is 0.00000144. The molecule has 2 aromatic heterocycles. The average Bonchev–Trinajstić information content (AvgIpc) is 2.61. The van der Waals surface area contributed by atoms with E-state index in [1.807, 2.05) is 0 Å². The molecule has 0 fully saturated rings. The van der Waals surface area contributed by atoms with Crippen LogP contribution in [0.2, 0.25) is 0 Å². The van der Waals surface area contributed by atoms with Crippen molar-refractivity contribution >= 4 is 5.97 Å². The first-order chi connectivity index (χ1) is 7.59. The standard InChI is InChI=1S/C10H8FN3O2.Na/c1-14-9(10(15)16)7(5-13-14)8-3-2-6(11)4-12-8;/h2-5H,1H3,(H,15,16);/q;+1/p-1. The third kappa shape index (κ3) is 2.71. The Hall–Kier alpha value is -1.24. The van der Waals surface area contributed by atoms with Gasteiger partial charge in [0.25, 0.3) is 0 Å². The van der Waals surface area contributed by atoms with Crippen molar-refractivity contribution in [1.82, 2.24) is 14.8 Å². The molecule has 2 heterocycles. The summed E-state index contributed by atoms with van der Waals surface area (Å²) in [5, 5.41) is 14.7. The summed E-state index contributed by atoms with van der Waals surface area (Å²) in [5.74, 6) is -1.83. The van der Waals surface area contributed by atoms with E-state index < -0.39 is 11.8 Å². The van der Waals surface area contributed by atoms with Crippen LogP contribution < -0.4 is 34.7 Å². The van der Waals surface area contributed by atoms with Crippen LogP contribution in [0.4, 0.5) is 4.39 Å². The van der Waals surface area contributed by atoms with Gasteiger partial charge in [-0.15, -0.1) is 0 Å². The van der Waals surface area contributed by atoms with Gasteiger partial charge in [0.05, 0.1) is 29.8 Å². The van der Waals surface area contributed by atoms with Gasteiger partial charge in [0.15, 0.2) is 0 Å². The van der Waals surface area contributed by atoms with Gasteiger partial charge in [0, 0.05) is 12.6 Å². The Morgan fingerprint density at radius 2 is 2.12 bits per heavy atom. The maximum atomic E-state index is 12.7. The van der Waals surface area contributed by atoms with Crippen LogP contribution in [0.3, 0.4) is 0 Å². The summed E-state index contributed by atoms with van der Waals surface area (Å²) in [6.07, 6.45) is 2.37. The Labute approximate surface area is 119 Å². The fourth-order valence-corrected chi connectivity index (χ4v) is 1.40. The van der Waals surface area contributed by atoms with Gasteiger partial charge in [0.1, 0.15) is 5.82 Å². The van der Waals surface area contributed by atoms with Crippen molar-refractivity contribution < 1.29 is 43.8 Å². The number of hydrogen-bond donors (Lipinski definition) is 0. The Morgan fingerprint density at radius 3 is 2.65 bits per heavy atom. The molecule has 2 rings (SSSR count). The summed E-state index contributed by atoms with van der Waals surface area (Å²) >= 11 is 0. The van der Waals surface area contributed by atoms with Crippen molar-refractivity contribution in [2.24, 2.45) is 7.05 Å². The van der Waals surface area contributed by atoms with E-state index in [0.717, 1.165) is 6.20 Å². The summed E-state index contributed by atoms with van der Waals surface area (Å²) < 4.78 is 13.8. The predicted molar refractivity (Wildman–Crippen MR) is 50.7 cm³/mol. The number of carbonyl (C=O) groups excluding carboxylic acids is 1. The molecule has 0 radical (unpaired) electrons. The van der Waals surface area contributed by atoms with Crippen LogP contribution in [0.15, 0.2) is 24.5 Å². The minimum absolute atomic E-state index is 0. The zero-order valence-corrected chi connectivity index (χ0v) is 11.3. The fourth-order valence-electron chi connectivity index (χ4n) is 1.40. The Morgan fingerprint density at radius 1 is 1.41 bits per heavy atom. The summed E-state index contributed by atoms with van der Waals surface area (Å²) in [4.78, 5) is 14.7. The van der Waals surface area contributed by atoms with E-state index in [4.69, 9.17) is 0 Å². The molecule has 0 aliphatic carbocycles. The smallest absolute Gasteiger partial charge is 0.543 e. The van der Waals surface area contributed by atoms with Gasteiger partial charge in [-0.2, -0.15) is 5.10 Å². The maximum Gasteiger partial charge on any atom is 1.00 e. The van der Waals surface area contributed by atoms with Crippen molar-refractivity contribution in [3.05, 3.63) is 36.0 Å². The predicted octanol–water partition coefficient (Wildman–Crippen LogP) is -3.01. The zero-order chi connectivity index (χ0) is 11.7. The average molecular weight is 243 g/mol. The summed E-state index contributed by atoms with van der Waals surface area (Å²) in [7, 11) is 1.48. The molecule has 0 aliphatic heterocycles. The van der Waals surface area contributed by atoms with Gasteiger partial charge in [0.2, 0.25) is 0 Å². The zero-order valence-electron chi connectivity index (χ0n) is 9.35. The van der Waals surface area contributed by atoms with Crippen molar-refractivity contribution in [3.63, 3.8) is 0 Å². The number of carbonyl (C=O) groups is 1. The SMILES string of the molecule is Cn1ncc(-c2ccc(F)cn2)c1C(=O)[O-].[Na+]. The van der Waals surface area contributed by atoms with E-state index >= 15 is 0 Å². The number of rotatable bonds is 2. The van der Waals surface area contributed by atoms with Gasteiger partial charge < -0.3 is 9.90 Å². The second kappa shape index (κ2) is 5.39. The number of hydrogen-bond acceptors (Lipinski definition) is 4. The van der Waals surface area contributed by atoms with Crippen molar-refractivity contribution in [2.75, 3.05) is 0 Å². The molecule has 0 N–H and O–H groups in total. The molecule has 2 aromatic rings. The molecule has 0 bridgehead atoms. The van der Waals surface area contributed by atoms with E-state index in [-0.39, 0.29) is 35.3 Å². The first-order valence-electron chi connectivity index (χ1n) is 4.45. The molecule has 5 nitrogen and oxygen atoms in total. The molecule has 0 spiro atoms. The van der Waals surface area contributed by atoms with Crippen LogP contribution in [0.25, 0.3) is 11.3 Å². The molecular weight excluding hydrogens is 236 g/mol. The Kier molecular flexibility index (Phi) is 4.39. The second-order valence-corrected chi connectivity index (χ2v) is 3.18. The molecule has 0 aliphatic rings. The van der Waals surface area contributed by atoms with Crippen LogP contribution in [-0.2, 0) is 7.05 Å². The van der Waals surface area contributed by atoms with Gasteiger partial charge in [-0.1, -0.05) is 0 Å². The topological polar surface area (TPSA) is 70.8 Å². The van der Waals surface area contributed by atoms with E-state index in [1.165, 1.54) is 30.1 Å². The monoisotopic (exact) mass is 243 g/mol.